The minimum absolute atomic E-state index is 0.0782. The molecule has 0 heterocycles. The van der Waals surface area contributed by atoms with Crippen molar-refractivity contribution in [2.24, 2.45) is 0 Å². The van der Waals surface area contributed by atoms with E-state index in [2.05, 4.69) is 24.5 Å². The number of carbonyl (C=O) groups excluding carboxylic acids is 1. The van der Waals surface area contributed by atoms with Crippen LogP contribution in [-0.2, 0) is 6.54 Å². The summed E-state index contributed by atoms with van der Waals surface area (Å²) in [7, 11) is 1.77. The number of nitrogens with one attached hydrogen (secondary N) is 2. The second-order valence-corrected chi connectivity index (χ2v) is 4.68. The van der Waals surface area contributed by atoms with Gasteiger partial charge < -0.3 is 15.5 Å². The Morgan fingerprint density at radius 2 is 1.89 bits per heavy atom. The highest BCUT2D eigenvalue weighted by Crippen LogP contribution is 2.10. The van der Waals surface area contributed by atoms with Crippen molar-refractivity contribution in [3.05, 3.63) is 29.8 Å². The molecule has 0 aliphatic heterocycles. The van der Waals surface area contributed by atoms with Gasteiger partial charge in [-0.05, 0) is 24.6 Å². The SMILES string of the molecule is CCN(C)C(=O)Nc1ccc(CNC(C)C)cc1. The van der Waals surface area contributed by atoms with Crippen LogP contribution in [0.15, 0.2) is 24.3 Å². The summed E-state index contributed by atoms with van der Waals surface area (Å²) in [6.07, 6.45) is 0. The minimum Gasteiger partial charge on any atom is -0.328 e. The van der Waals surface area contributed by atoms with Gasteiger partial charge in [0.1, 0.15) is 0 Å². The predicted molar refractivity (Wildman–Crippen MR) is 75.7 cm³/mol. The molecule has 18 heavy (non-hydrogen) atoms. The molecule has 100 valence electrons. The van der Waals surface area contributed by atoms with Crippen LogP contribution in [0.25, 0.3) is 0 Å². The summed E-state index contributed by atoms with van der Waals surface area (Å²) in [6, 6.07) is 8.30. The molecule has 0 spiro atoms. The Kier molecular flexibility index (Phi) is 5.65. The van der Waals surface area contributed by atoms with Crippen LogP contribution in [0, 0.1) is 0 Å². The van der Waals surface area contributed by atoms with E-state index in [1.807, 2.05) is 31.2 Å². The smallest absolute Gasteiger partial charge is 0.321 e. The van der Waals surface area contributed by atoms with Crippen LogP contribution in [0.1, 0.15) is 26.3 Å². The van der Waals surface area contributed by atoms with Crippen molar-refractivity contribution in [3.8, 4) is 0 Å². The molecule has 4 heteroatoms. The molecule has 2 N–H and O–H groups in total. The topological polar surface area (TPSA) is 44.4 Å². The Balaban J connectivity index is 2.52. The molecule has 1 rings (SSSR count). The maximum atomic E-state index is 11.6. The average Bonchev–Trinajstić information content (AvgIpc) is 2.36. The zero-order chi connectivity index (χ0) is 13.5. The lowest BCUT2D eigenvalue weighted by Gasteiger charge is -2.15. The van der Waals surface area contributed by atoms with E-state index in [0.717, 1.165) is 12.2 Å². The Labute approximate surface area is 109 Å². The van der Waals surface area contributed by atoms with Crippen molar-refractivity contribution < 1.29 is 4.79 Å². The van der Waals surface area contributed by atoms with Crippen LogP contribution >= 0.6 is 0 Å². The highest BCUT2D eigenvalue weighted by molar-refractivity contribution is 5.89. The summed E-state index contributed by atoms with van der Waals surface area (Å²) in [5, 5.41) is 6.21. The average molecular weight is 249 g/mol. The summed E-state index contributed by atoms with van der Waals surface area (Å²) in [6.45, 7) is 7.73. The van der Waals surface area contributed by atoms with E-state index >= 15 is 0 Å². The summed E-state index contributed by atoms with van der Waals surface area (Å²) in [5.74, 6) is 0. The molecular formula is C14H23N3O. The lowest BCUT2D eigenvalue weighted by molar-refractivity contribution is 0.224. The van der Waals surface area contributed by atoms with Gasteiger partial charge in [-0.2, -0.15) is 0 Å². The van der Waals surface area contributed by atoms with Crippen LogP contribution in [-0.4, -0.2) is 30.6 Å². The van der Waals surface area contributed by atoms with Crippen molar-refractivity contribution in [3.63, 3.8) is 0 Å². The molecule has 0 saturated carbocycles. The van der Waals surface area contributed by atoms with Gasteiger partial charge in [-0.1, -0.05) is 26.0 Å². The third-order valence-electron chi connectivity index (χ3n) is 2.74. The highest BCUT2D eigenvalue weighted by atomic mass is 16.2. The first-order valence-electron chi connectivity index (χ1n) is 6.37. The Morgan fingerprint density at radius 3 is 2.39 bits per heavy atom. The number of carbonyl (C=O) groups is 1. The first-order valence-corrected chi connectivity index (χ1v) is 6.37. The molecular weight excluding hydrogens is 226 g/mol. The van der Waals surface area contributed by atoms with Crippen molar-refractivity contribution >= 4 is 11.7 Å². The largest absolute Gasteiger partial charge is 0.328 e. The highest BCUT2D eigenvalue weighted by Gasteiger charge is 2.05. The molecule has 0 fully saturated rings. The number of amides is 2. The van der Waals surface area contributed by atoms with E-state index in [4.69, 9.17) is 0 Å². The summed E-state index contributed by atoms with van der Waals surface area (Å²) < 4.78 is 0. The molecule has 4 nitrogen and oxygen atoms in total. The van der Waals surface area contributed by atoms with Crippen LogP contribution in [0.3, 0.4) is 0 Å². The number of hydrogen-bond donors (Lipinski definition) is 2. The third kappa shape index (κ3) is 4.75. The van der Waals surface area contributed by atoms with Gasteiger partial charge in [0, 0.05) is 31.9 Å². The number of urea groups is 1. The summed E-state index contributed by atoms with van der Waals surface area (Å²) in [4.78, 5) is 13.3. The van der Waals surface area contributed by atoms with Gasteiger partial charge in [-0.25, -0.2) is 4.79 Å². The van der Waals surface area contributed by atoms with Crippen LogP contribution in [0.2, 0.25) is 0 Å². The molecule has 1 aromatic rings. The zero-order valence-electron chi connectivity index (χ0n) is 11.7. The van der Waals surface area contributed by atoms with Gasteiger partial charge in [0.05, 0.1) is 0 Å². The molecule has 0 bridgehead atoms. The van der Waals surface area contributed by atoms with E-state index in [9.17, 15) is 4.79 Å². The third-order valence-corrected chi connectivity index (χ3v) is 2.74. The van der Waals surface area contributed by atoms with Gasteiger partial charge in [0.25, 0.3) is 0 Å². The number of rotatable bonds is 5. The zero-order valence-corrected chi connectivity index (χ0v) is 11.7. The van der Waals surface area contributed by atoms with Crippen LogP contribution in [0.5, 0.6) is 0 Å². The molecule has 1 aromatic carbocycles. The van der Waals surface area contributed by atoms with E-state index < -0.39 is 0 Å². The molecule has 0 radical (unpaired) electrons. The number of benzene rings is 1. The summed E-state index contributed by atoms with van der Waals surface area (Å²) in [5.41, 5.74) is 2.04. The minimum atomic E-state index is -0.0782. The van der Waals surface area contributed by atoms with Gasteiger partial charge in [0.2, 0.25) is 0 Å². The molecule has 0 aliphatic carbocycles. The van der Waals surface area contributed by atoms with E-state index in [0.29, 0.717) is 12.6 Å². The Morgan fingerprint density at radius 1 is 1.28 bits per heavy atom. The second kappa shape index (κ2) is 7.01. The molecule has 0 atom stereocenters. The van der Waals surface area contributed by atoms with E-state index in [1.165, 1.54) is 5.56 Å². The molecule has 0 aliphatic rings. The lowest BCUT2D eigenvalue weighted by Crippen LogP contribution is -2.30. The first-order chi connectivity index (χ1) is 8.52. The van der Waals surface area contributed by atoms with Gasteiger partial charge in [-0.3, -0.25) is 0 Å². The molecule has 0 unspecified atom stereocenters. The van der Waals surface area contributed by atoms with Gasteiger partial charge in [0.15, 0.2) is 0 Å². The van der Waals surface area contributed by atoms with Gasteiger partial charge in [-0.15, -0.1) is 0 Å². The Hall–Kier alpha value is -1.55. The predicted octanol–water partition coefficient (Wildman–Crippen LogP) is 2.67. The fourth-order valence-corrected chi connectivity index (χ4v) is 1.39. The summed E-state index contributed by atoms with van der Waals surface area (Å²) >= 11 is 0. The standard InChI is InChI=1S/C14H23N3O/c1-5-17(4)14(18)16-13-8-6-12(7-9-13)10-15-11(2)3/h6-9,11,15H,5,10H2,1-4H3,(H,16,18). The maximum Gasteiger partial charge on any atom is 0.321 e. The van der Waals surface area contributed by atoms with Crippen molar-refractivity contribution in [1.29, 1.82) is 0 Å². The number of hydrogen-bond acceptors (Lipinski definition) is 2. The van der Waals surface area contributed by atoms with Crippen LogP contribution in [0.4, 0.5) is 10.5 Å². The maximum absolute atomic E-state index is 11.6. The van der Waals surface area contributed by atoms with Crippen molar-refractivity contribution in [2.45, 2.75) is 33.4 Å². The van der Waals surface area contributed by atoms with E-state index in [-0.39, 0.29) is 6.03 Å². The monoisotopic (exact) mass is 249 g/mol. The molecule has 2 amide bonds. The molecule has 0 saturated heterocycles. The van der Waals surface area contributed by atoms with E-state index in [1.54, 1.807) is 11.9 Å². The number of anilines is 1. The second-order valence-electron chi connectivity index (χ2n) is 4.68. The van der Waals surface area contributed by atoms with Crippen LogP contribution < -0.4 is 10.6 Å². The Bertz CT molecular complexity index is 373. The number of nitrogens with zero attached hydrogens (tertiary/aromatic N) is 1. The fourth-order valence-electron chi connectivity index (χ4n) is 1.39. The fraction of sp³-hybridized carbons (Fsp3) is 0.500. The van der Waals surface area contributed by atoms with Gasteiger partial charge >= 0.3 is 6.03 Å². The van der Waals surface area contributed by atoms with Crippen molar-refractivity contribution in [2.75, 3.05) is 18.9 Å². The normalized spacial score (nSPS) is 10.5. The first kappa shape index (κ1) is 14.5. The quantitative estimate of drug-likeness (QED) is 0.842. The molecule has 0 aromatic heterocycles. The lowest BCUT2D eigenvalue weighted by atomic mass is 10.2. The van der Waals surface area contributed by atoms with Crippen molar-refractivity contribution in [1.82, 2.24) is 10.2 Å².